The van der Waals surface area contributed by atoms with Gasteiger partial charge in [-0.25, -0.2) is 0 Å². The third-order valence-corrected chi connectivity index (χ3v) is 11.9. The molecule has 6 aromatic rings. The van der Waals surface area contributed by atoms with Crippen molar-refractivity contribution in [2.45, 2.75) is 0 Å². The first-order valence-electron chi connectivity index (χ1n) is 13.4. The highest BCUT2D eigenvalue weighted by atomic mass is 28.3. The molecule has 7 rings (SSSR count). The Bertz CT molecular complexity index is 1710. The molecule has 0 spiro atoms. The first-order valence-corrected chi connectivity index (χ1v) is 15.4. The van der Waals surface area contributed by atoms with Crippen LogP contribution in [0.25, 0.3) is 21.5 Å². The Balaban J connectivity index is 1.77. The maximum absolute atomic E-state index is 5.07. The van der Waals surface area contributed by atoms with Gasteiger partial charge < -0.3 is 0 Å². The number of pyridine rings is 6. The highest BCUT2D eigenvalue weighted by Gasteiger charge is 2.56. The number of aromatic nitrogens is 6. The Kier molecular flexibility index (Phi) is 6.39. The second-order valence-corrected chi connectivity index (χ2v) is 13.1. The van der Waals surface area contributed by atoms with Crippen molar-refractivity contribution in [2.24, 2.45) is 0 Å². The van der Waals surface area contributed by atoms with Gasteiger partial charge in [0.05, 0.1) is 22.8 Å². The Morgan fingerprint density at radius 2 is 0.634 bits per heavy atom. The van der Waals surface area contributed by atoms with Crippen LogP contribution in [0.3, 0.4) is 0 Å². The van der Waals surface area contributed by atoms with Crippen LogP contribution in [0, 0.1) is 0 Å². The van der Waals surface area contributed by atoms with Crippen LogP contribution in [-0.2, 0) is 0 Å². The van der Waals surface area contributed by atoms with E-state index in [4.69, 9.17) is 29.9 Å². The standard InChI is InChI=1S/C34H24N6Si/c1-7-19-35-25(13-1)31-32(26-14-2-8-20-36-26)34(28-16-4-10-22-38-28)41(29-17-5-11-23-39-29,30-18-6-12-24-40-30)33(31)27-15-3-9-21-37-27/h1-24H. The van der Waals surface area contributed by atoms with E-state index in [1.54, 1.807) is 0 Å². The van der Waals surface area contributed by atoms with E-state index < -0.39 is 8.07 Å². The normalized spacial score (nSPS) is 14.3. The van der Waals surface area contributed by atoms with Crippen LogP contribution in [0.1, 0.15) is 22.8 Å². The molecular weight excluding hydrogens is 521 g/mol. The van der Waals surface area contributed by atoms with E-state index >= 15 is 0 Å². The second-order valence-electron chi connectivity index (χ2n) is 9.54. The highest BCUT2D eigenvalue weighted by Crippen LogP contribution is 2.53. The smallest absolute Gasteiger partial charge is 0.228 e. The van der Waals surface area contributed by atoms with Crippen molar-refractivity contribution in [3.8, 4) is 0 Å². The minimum Gasteiger partial charge on any atom is -0.265 e. The first-order chi connectivity index (χ1) is 20.4. The minimum absolute atomic E-state index is 0.837. The summed E-state index contributed by atoms with van der Waals surface area (Å²) in [6.45, 7) is 0. The molecule has 7 heterocycles. The lowest BCUT2D eigenvalue weighted by molar-refractivity contribution is 1.25. The van der Waals surface area contributed by atoms with E-state index in [2.05, 4.69) is 36.4 Å². The summed E-state index contributed by atoms with van der Waals surface area (Å²) < 4.78 is 0. The van der Waals surface area contributed by atoms with E-state index in [1.807, 2.05) is 110 Å². The molecule has 1 aliphatic rings. The van der Waals surface area contributed by atoms with Crippen molar-refractivity contribution < 1.29 is 0 Å². The van der Waals surface area contributed by atoms with Crippen LogP contribution in [0.5, 0.6) is 0 Å². The van der Waals surface area contributed by atoms with Gasteiger partial charge in [-0.2, -0.15) is 0 Å². The van der Waals surface area contributed by atoms with Crippen LogP contribution in [0.4, 0.5) is 0 Å². The van der Waals surface area contributed by atoms with E-state index in [0.29, 0.717) is 0 Å². The molecule has 0 fully saturated rings. The summed E-state index contributed by atoms with van der Waals surface area (Å²) in [5.41, 5.74) is 5.34. The molecule has 0 radical (unpaired) electrons. The zero-order valence-electron chi connectivity index (χ0n) is 22.0. The maximum Gasteiger partial charge on any atom is 0.228 e. The maximum atomic E-state index is 5.07. The van der Waals surface area contributed by atoms with Crippen LogP contribution in [-0.4, -0.2) is 38.0 Å². The van der Waals surface area contributed by atoms with E-state index in [9.17, 15) is 0 Å². The largest absolute Gasteiger partial charge is 0.265 e. The van der Waals surface area contributed by atoms with Crippen LogP contribution in [0.2, 0.25) is 0 Å². The monoisotopic (exact) mass is 544 g/mol. The Morgan fingerprint density at radius 1 is 0.317 bits per heavy atom. The second kappa shape index (κ2) is 10.6. The van der Waals surface area contributed by atoms with Crippen molar-refractivity contribution in [3.05, 3.63) is 169 Å². The quantitative estimate of drug-likeness (QED) is 0.277. The van der Waals surface area contributed by atoms with Crippen molar-refractivity contribution in [1.29, 1.82) is 0 Å². The lowest BCUT2D eigenvalue weighted by Crippen LogP contribution is -2.62. The van der Waals surface area contributed by atoms with Crippen LogP contribution in [0.15, 0.2) is 146 Å². The third kappa shape index (κ3) is 4.11. The van der Waals surface area contributed by atoms with Gasteiger partial charge in [0.15, 0.2) is 0 Å². The lowest BCUT2D eigenvalue weighted by Gasteiger charge is -2.32. The molecule has 0 saturated heterocycles. The summed E-state index contributed by atoms with van der Waals surface area (Å²) in [7, 11) is -3.28. The Morgan fingerprint density at radius 3 is 0.927 bits per heavy atom. The molecule has 0 unspecified atom stereocenters. The van der Waals surface area contributed by atoms with Gasteiger partial charge in [-0.3, -0.25) is 29.9 Å². The molecule has 194 valence electrons. The zero-order valence-corrected chi connectivity index (χ0v) is 23.0. The molecule has 0 atom stereocenters. The predicted octanol–water partition coefficient (Wildman–Crippen LogP) is 4.93. The molecule has 1 aliphatic heterocycles. The SMILES string of the molecule is c1ccc(C2=C(c3ccccn3)[Si](c3ccccn3)(c3ccccn3)C(c3ccccn3)=C2c2ccccn2)nc1. The van der Waals surface area contributed by atoms with Gasteiger partial charge in [0, 0.05) is 59.0 Å². The molecule has 0 aliphatic carbocycles. The molecule has 0 aromatic carbocycles. The summed E-state index contributed by atoms with van der Waals surface area (Å²) in [6, 6.07) is 36.3. The van der Waals surface area contributed by atoms with Crippen LogP contribution < -0.4 is 10.6 Å². The van der Waals surface area contributed by atoms with Crippen molar-refractivity contribution in [1.82, 2.24) is 29.9 Å². The van der Waals surface area contributed by atoms with Crippen LogP contribution >= 0.6 is 0 Å². The van der Waals surface area contributed by atoms with Gasteiger partial charge in [0.1, 0.15) is 0 Å². The summed E-state index contributed by atoms with van der Waals surface area (Å²) >= 11 is 0. The first kappa shape index (κ1) is 24.6. The van der Waals surface area contributed by atoms with Crippen molar-refractivity contribution >= 4 is 40.2 Å². The van der Waals surface area contributed by atoms with Gasteiger partial charge in [-0.1, -0.05) is 36.4 Å². The lowest BCUT2D eigenvalue weighted by atomic mass is 9.96. The van der Waals surface area contributed by atoms with E-state index in [-0.39, 0.29) is 0 Å². The molecule has 0 amide bonds. The minimum atomic E-state index is -3.28. The van der Waals surface area contributed by atoms with Gasteiger partial charge in [-0.05, 0) is 83.2 Å². The average molecular weight is 545 g/mol. The summed E-state index contributed by atoms with van der Waals surface area (Å²) in [4.78, 5) is 29.9. The predicted molar refractivity (Wildman–Crippen MR) is 164 cm³/mol. The average Bonchev–Trinajstić information content (AvgIpc) is 3.40. The molecule has 0 bridgehead atoms. The number of hydrogen-bond acceptors (Lipinski definition) is 6. The zero-order chi connectivity index (χ0) is 27.5. The number of nitrogens with zero attached hydrogens (tertiary/aromatic N) is 6. The molecule has 6 nitrogen and oxygen atoms in total. The molecular formula is C34H24N6Si. The Labute approximate surface area is 238 Å². The molecule has 7 heteroatoms. The molecule has 6 aromatic heterocycles. The van der Waals surface area contributed by atoms with E-state index in [1.165, 1.54) is 0 Å². The number of hydrogen-bond donors (Lipinski definition) is 0. The van der Waals surface area contributed by atoms with Crippen molar-refractivity contribution in [3.63, 3.8) is 0 Å². The molecule has 0 saturated carbocycles. The fourth-order valence-corrected chi connectivity index (χ4v) is 10.8. The molecule has 0 N–H and O–H groups in total. The van der Waals surface area contributed by atoms with Gasteiger partial charge in [0.25, 0.3) is 0 Å². The van der Waals surface area contributed by atoms with Gasteiger partial charge in [0.2, 0.25) is 8.07 Å². The summed E-state index contributed by atoms with van der Waals surface area (Å²) in [5.74, 6) is 0. The number of rotatable bonds is 6. The van der Waals surface area contributed by atoms with Crippen molar-refractivity contribution in [2.75, 3.05) is 0 Å². The van der Waals surface area contributed by atoms with Gasteiger partial charge in [-0.15, -0.1) is 0 Å². The number of allylic oxidation sites excluding steroid dienone is 2. The topological polar surface area (TPSA) is 77.3 Å². The highest BCUT2D eigenvalue weighted by molar-refractivity contribution is 7.28. The third-order valence-electron chi connectivity index (χ3n) is 7.28. The van der Waals surface area contributed by atoms with Gasteiger partial charge >= 0.3 is 0 Å². The fourth-order valence-electron chi connectivity index (χ4n) is 5.76. The Hall–Kier alpha value is -5.40. The summed E-state index contributed by atoms with van der Waals surface area (Å²) in [6.07, 6.45) is 11.1. The fraction of sp³-hybridized carbons (Fsp3) is 0. The molecule has 41 heavy (non-hydrogen) atoms. The summed E-state index contributed by atoms with van der Waals surface area (Å²) in [5, 5.41) is 4.02. The van der Waals surface area contributed by atoms with E-state index in [0.717, 1.165) is 54.9 Å².